The van der Waals surface area contributed by atoms with Crippen molar-refractivity contribution in [2.45, 2.75) is 26.2 Å². The fraction of sp³-hybridized carbons (Fsp3) is 0.500. The number of sulfonamides is 1. The third-order valence-corrected chi connectivity index (χ3v) is 4.48. The van der Waals surface area contributed by atoms with E-state index in [0.29, 0.717) is 6.42 Å². The molecule has 0 saturated heterocycles. The highest BCUT2D eigenvalue weighted by Gasteiger charge is 2.08. The summed E-state index contributed by atoms with van der Waals surface area (Å²) in [7, 11) is -1.89. The van der Waals surface area contributed by atoms with Crippen LogP contribution in [-0.4, -0.2) is 33.7 Å². The number of carbonyl (C=O) groups excluding carboxylic acids is 1. The van der Waals surface area contributed by atoms with Crippen molar-refractivity contribution in [3.05, 3.63) is 35.4 Å². The van der Waals surface area contributed by atoms with Crippen LogP contribution in [0.1, 0.15) is 24.0 Å². The molecule has 1 rings (SSSR count). The molecule has 1 amide bonds. The maximum absolute atomic E-state index is 11.6. The van der Waals surface area contributed by atoms with Gasteiger partial charge in [-0.05, 0) is 37.9 Å². The van der Waals surface area contributed by atoms with Crippen LogP contribution >= 0.6 is 0 Å². The summed E-state index contributed by atoms with van der Waals surface area (Å²) in [5.41, 5.74) is 2.48. The molecule has 0 radical (unpaired) electrons. The van der Waals surface area contributed by atoms with Crippen LogP contribution < -0.4 is 10.0 Å². The highest BCUT2D eigenvalue weighted by molar-refractivity contribution is 7.89. The maximum Gasteiger partial charge on any atom is 0.220 e. The topological polar surface area (TPSA) is 75.3 Å². The second kappa shape index (κ2) is 8.01. The van der Waals surface area contributed by atoms with Gasteiger partial charge in [0, 0.05) is 13.0 Å². The first-order chi connectivity index (χ1) is 9.44. The molecule has 1 aromatic carbocycles. The van der Waals surface area contributed by atoms with Gasteiger partial charge in [0.15, 0.2) is 0 Å². The van der Waals surface area contributed by atoms with Gasteiger partial charge in [-0.15, -0.1) is 0 Å². The number of nitrogens with one attached hydrogen (secondary N) is 2. The van der Waals surface area contributed by atoms with Gasteiger partial charge in [-0.25, -0.2) is 13.1 Å². The lowest BCUT2D eigenvalue weighted by atomic mass is 10.0. The van der Waals surface area contributed by atoms with Gasteiger partial charge in [0.25, 0.3) is 0 Å². The van der Waals surface area contributed by atoms with Crippen molar-refractivity contribution < 1.29 is 13.2 Å². The Morgan fingerprint density at radius 3 is 2.60 bits per heavy atom. The summed E-state index contributed by atoms with van der Waals surface area (Å²) in [6.07, 6.45) is 2.03. The van der Waals surface area contributed by atoms with Crippen molar-refractivity contribution in [1.29, 1.82) is 0 Å². The number of aryl methyl sites for hydroxylation is 2. The van der Waals surface area contributed by atoms with Gasteiger partial charge in [-0.1, -0.05) is 24.3 Å². The summed E-state index contributed by atoms with van der Waals surface area (Å²) in [5.74, 6) is -0.197. The number of hydrogen-bond acceptors (Lipinski definition) is 3. The minimum atomic E-state index is -3.25. The molecule has 0 aliphatic carbocycles. The Hall–Kier alpha value is -1.40. The van der Waals surface area contributed by atoms with Crippen LogP contribution in [0.15, 0.2) is 24.3 Å². The second-order valence-corrected chi connectivity index (χ2v) is 6.70. The van der Waals surface area contributed by atoms with Crippen molar-refractivity contribution in [2.75, 3.05) is 19.3 Å². The summed E-state index contributed by atoms with van der Waals surface area (Å²) in [6.45, 7) is 2.20. The predicted molar refractivity (Wildman–Crippen MR) is 80.0 cm³/mol. The third kappa shape index (κ3) is 6.16. The third-order valence-electron chi connectivity index (χ3n) is 3.12. The zero-order valence-electron chi connectivity index (χ0n) is 12.0. The molecular weight excluding hydrogens is 276 g/mol. The molecule has 5 nitrogen and oxygen atoms in total. The molecule has 0 fully saturated rings. The second-order valence-electron chi connectivity index (χ2n) is 4.65. The van der Waals surface area contributed by atoms with Crippen LogP contribution in [0.4, 0.5) is 0 Å². The lowest BCUT2D eigenvalue weighted by Crippen LogP contribution is -2.32. The average molecular weight is 298 g/mol. The number of benzene rings is 1. The van der Waals surface area contributed by atoms with E-state index in [-0.39, 0.29) is 18.2 Å². The largest absolute Gasteiger partial charge is 0.355 e. The van der Waals surface area contributed by atoms with Gasteiger partial charge in [0.05, 0.1) is 5.75 Å². The van der Waals surface area contributed by atoms with Crippen LogP contribution in [0.5, 0.6) is 0 Å². The van der Waals surface area contributed by atoms with E-state index in [1.54, 1.807) is 0 Å². The average Bonchev–Trinajstić information content (AvgIpc) is 2.41. The molecule has 0 spiro atoms. The van der Waals surface area contributed by atoms with Gasteiger partial charge >= 0.3 is 0 Å². The molecule has 0 atom stereocenters. The number of hydrogen-bond donors (Lipinski definition) is 2. The minimum Gasteiger partial charge on any atom is -0.355 e. The quantitative estimate of drug-likeness (QED) is 0.751. The van der Waals surface area contributed by atoms with E-state index < -0.39 is 10.0 Å². The summed E-state index contributed by atoms with van der Waals surface area (Å²) in [4.78, 5) is 11.6. The SMILES string of the molecule is CNS(=O)(=O)CCNC(=O)CCCc1ccccc1C. The van der Waals surface area contributed by atoms with Crippen LogP contribution in [0.2, 0.25) is 0 Å². The Morgan fingerprint density at radius 2 is 1.95 bits per heavy atom. The highest BCUT2D eigenvalue weighted by atomic mass is 32.2. The smallest absolute Gasteiger partial charge is 0.220 e. The summed E-state index contributed by atoms with van der Waals surface area (Å²) < 4.78 is 24.5. The summed E-state index contributed by atoms with van der Waals surface area (Å²) in [6, 6.07) is 8.10. The molecule has 6 heteroatoms. The summed E-state index contributed by atoms with van der Waals surface area (Å²) >= 11 is 0. The van der Waals surface area contributed by atoms with Crippen molar-refractivity contribution in [2.24, 2.45) is 0 Å². The van der Waals surface area contributed by atoms with E-state index in [9.17, 15) is 13.2 Å². The van der Waals surface area contributed by atoms with Gasteiger partial charge in [0.2, 0.25) is 15.9 Å². The van der Waals surface area contributed by atoms with E-state index in [1.807, 2.05) is 12.1 Å². The fourth-order valence-corrected chi connectivity index (χ4v) is 2.42. The zero-order valence-corrected chi connectivity index (χ0v) is 12.8. The van der Waals surface area contributed by atoms with E-state index in [0.717, 1.165) is 12.8 Å². The Labute approximate surface area is 120 Å². The Bertz CT molecular complexity index is 541. The normalized spacial score (nSPS) is 11.3. The van der Waals surface area contributed by atoms with Gasteiger partial charge in [-0.2, -0.15) is 0 Å². The first-order valence-electron chi connectivity index (χ1n) is 6.67. The Morgan fingerprint density at radius 1 is 1.25 bits per heavy atom. The minimum absolute atomic E-state index is 0.0902. The van der Waals surface area contributed by atoms with Gasteiger partial charge in [-0.3, -0.25) is 4.79 Å². The van der Waals surface area contributed by atoms with E-state index in [4.69, 9.17) is 0 Å². The van der Waals surface area contributed by atoms with Gasteiger partial charge < -0.3 is 5.32 Å². The molecule has 0 aliphatic rings. The standard InChI is InChI=1S/C14H22N2O3S/c1-12-6-3-4-7-13(12)8-5-9-14(17)16-10-11-20(18,19)15-2/h3-4,6-7,15H,5,8-11H2,1-2H3,(H,16,17). The predicted octanol–water partition coefficient (Wildman–Crippen LogP) is 0.983. The lowest BCUT2D eigenvalue weighted by Gasteiger charge is -2.07. The molecule has 0 heterocycles. The number of carbonyl (C=O) groups is 1. The van der Waals surface area contributed by atoms with E-state index >= 15 is 0 Å². The van der Waals surface area contributed by atoms with Crippen LogP contribution in [0.25, 0.3) is 0 Å². The van der Waals surface area contributed by atoms with E-state index in [1.165, 1.54) is 18.2 Å². The highest BCUT2D eigenvalue weighted by Crippen LogP contribution is 2.10. The molecule has 1 aromatic rings. The number of rotatable bonds is 8. The summed E-state index contributed by atoms with van der Waals surface area (Å²) in [5, 5.41) is 2.62. The molecule has 0 aromatic heterocycles. The van der Waals surface area contributed by atoms with Crippen LogP contribution in [0.3, 0.4) is 0 Å². The van der Waals surface area contributed by atoms with Crippen molar-refractivity contribution in [3.8, 4) is 0 Å². The van der Waals surface area contributed by atoms with Crippen molar-refractivity contribution in [3.63, 3.8) is 0 Å². The van der Waals surface area contributed by atoms with Crippen LogP contribution in [0, 0.1) is 6.92 Å². The molecule has 0 unspecified atom stereocenters. The van der Waals surface area contributed by atoms with E-state index in [2.05, 4.69) is 29.1 Å². The van der Waals surface area contributed by atoms with Crippen molar-refractivity contribution >= 4 is 15.9 Å². The maximum atomic E-state index is 11.6. The first kappa shape index (κ1) is 16.7. The first-order valence-corrected chi connectivity index (χ1v) is 8.32. The monoisotopic (exact) mass is 298 g/mol. The molecule has 20 heavy (non-hydrogen) atoms. The fourth-order valence-electron chi connectivity index (χ4n) is 1.85. The molecule has 0 bridgehead atoms. The molecular formula is C14H22N2O3S. The Balaban J connectivity index is 2.23. The molecule has 112 valence electrons. The Kier molecular flexibility index (Phi) is 6.67. The van der Waals surface area contributed by atoms with Crippen LogP contribution in [-0.2, 0) is 21.2 Å². The molecule has 0 saturated carbocycles. The van der Waals surface area contributed by atoms with Gasteiger partial charge in [0.1, 0.15) is 0 Å². The zero-order chi connectivity index (χ0) is 15.0. The number of amides is 1. The molecule has 2 N–H and O–H groups in total. The lowest BCUT2D eigenvalue weighted by molar-refractivity contribution is -0.121. The molecule has 0 aliphatic heterocycles. The van der Waals surface area contributed by atoms with Crippen molar-refractivity contribution in [1.82, 2.24) is 10.0 Å².